The first-order valence-electron chi connectivity index (χ1n) is 5.80. The molecule has 0 amide bonds. The third-order valence-corrected chi connectivity index (χ3v) is 3.65. The fraction of sp³-hybridized carbons (Fsp3) is 0.167. The van der Waals surface area contributed by atoms with Gasteiger partial charge in [0.05, 0.1) is 15.9 Å². The largest absolute Gasteiger partial charge is 0.434 e. The number of aromatic nitrogens is 3. The number of hydrogen-bond acceptors (Lipinski definition) is 4. The molecule has 0 spiro atoms. The molecule has 3 aromatic heterocycles. The highest BCUT2D eigenvalue weighted by Crippen LogP contribution is 2.41. The van der Waals surface area contributed by atoms with Gasteiger partial charge >= 0.3 is 12.8 Å². The summed E-state index contributed by atoms with van der Waals surface area (Å²) in [5.41, 5.74) is 0.659. The Bertz CT molecular complexity index is 811. The zero-order chi connectivity index (χ0) is 15.9. The van der Waals surface area contributed by atoms with Crippen LogP contribution in [0, 0.1) is 0 Å². The molecule has 0 aliphatic heterocycles. The van der Waals surface area contributed by atoms with Gasteiger partial charge in [0.1, 0.15) is 5.52 Å². The first-order valence-corrected chi connectivity index (χ1v) is 6.68. The zero-order valence-corrected chi connectivity index (χ0v) is 11.3. The molecule has 0 saturated carbocycles. The zero-order valence-electron chi connectivity index (χ0n) is 10.5. The van der Waals surface area contributed by atoms with E-state index in [2.05, 4.69) is 19.7 Å². The summed E-state index contributed by atoms with van der Waals surface area (Å²) in [7, 11) is 0. The second-order valence-corrected chi connectivity index (χ2v) is 5.01. The van der Waals surface area contributed by atoms with Crippen molar-refractivity contribution >= 4 is 22.4 Å². The SMILES string of the molecule is FC(F)Oc1ccc2[nH]cc(-c3scnc3C(F)(F)F)c2n1. The lowest BCUT2D eigenvalue weighted by molar-refractivity contribution is -0.140. The van der Waals surface area contributed by atoms with Crippen molar-refractivity contribution in [3.63, 3.8) is 0 Å². The van der Waals surface area contributed by atoms with E-state index in [9.17, 15) is 22.0 Å². The lowest BCUT2D eigenvalue weighted by Crippen LogP contribution is -2.06. The monoisotopic (exact) mass is 335 g/mol. The number of thiazole rings is 1. The van der Waals surface area contributed by atoms with Gasteiger partial charge < -0.3 is 9.72 Å². The molecule has 0 fully saturated rings. The molecular weight excluding hydrogens is 329 g/mol. The molecule has 3 rings (SSSR count). The molecule has 0 atom stereocenters. The maximum absolute atomic E-state index is 12.9. The smallest absolute Gasteiger partial charge is 0.417 e. The van der Waals surface area contributed by atoms with Crippen molar-refractivity contribution in [1.82, 2.24) is 15.0 Å². The number of halogens is 5. The van der Waals surface area contributed by atoms with Crippen LogP contribution in [-0.2, 0) is 6.18 Å². The van der Waals surface area contributed by atoms with E-state index in [0.29, 0.717) is 5.52 Å². The lowest BCUT2D eigenvalue weighted by Gasteiger charge is -2.06. The highest BCUT2D eigenvalue weighted by atomic mass is 32.1. The van der Waals surface area contributed by atoms with Gasteiger partial charge in [-0.15, -0.1) is 11.3 Å². The second kappa shape index (κ2) is 5.20. The number of nitrogens with zero attached hydrogens (tertiary/aromatic N) is 2. The van der Waals surface area contributed by atoms with E-state index >= 15 is 0 Å². The number of ether oxygens (including phenoxy) is 1. The van der Waals surface area contributed by atoms with Crippen LogP contribution in [0.25, 0.3) is 21.5 Å². The van der Waals surface area contributed by atoms with Gasteiger partial charge in [-0.1, -0.05) is 0 Å². The van der Waals surface area contributed by atoms with Crippen molar-refractivity contribution in [3.8, 4) is 16.3 Å². The van der Waals surface area contributed by atoms with Crippen LogP contribution in [0.5, 0.6) is 5.88 Å². The number of hydrogen-bond donors (Lipinski definition) is 1. The summed E-state index contributed by atoms with van der Waals surface area (Å²) in [6.07, 6.45) is -3.29. The first kappa shape index (κ1) is 14.7. The predicted molar refractivity (Wildman–Crippen MR) is 68.8 cm³/mol. The summed E-state index contributed by atoms with van der Waals surface area (Å²) < 4.78 is 67.3. The number of fused-ring (bicyclic) bond motifs is 1. The van der Waals surface area contributed by atoms with Gasteiger partial charge in [-0.2, -0.15) is 22.0 Å². The van der Waals surface area contributed by atoms with Crippen LogP contribution in [0.1, 0.15) is 5.69 Å². The van der Waals surface area contributed by atoms with Crippen LogP contribution >= 0.6 is 11.3 Å². The van der Waals surface area contributed by atoms with Crippen molar-refractivity contribution < 1.29 is 26.7 Å². The van der Waals surface area contributed by atoms with E-state index < -0.39 is 18.5 Å². The number of aromatic amines is 1. The molecular formula is C12H6F5N3OS. The molecule has 116 valence electrons. The fourth-order valence-corrected chi connectivity index (χ4v) is 2.78. The van der Waals surface area contributed by atoms with Crippen LogP contribution in [-0.4, -0.2) is 21.6 Å². The molecule has 10 heteroatoms. The number of H-pyrrole nitrogens is 1. The maximum Gasteiger partial charge on any atom is 0.434 e. The van der Waals surface area contributed by atoms with E-state index in [1.807, 2.05) is 0 Å². The van der Waals surface area contributed by atoms with E-state index in [1.165, 1.54) is 18.3 Å². The summed E-state index contributed by atoms with van der Waals surface area (Å²) in [4.78, 5) is 9.76. The van der Waals surface area contributed by atoms with E-state index in [0.717, 1.165) is 16.8 Å². The van der Waals surface area contributed by atoms with Crippen molar-refractivity contribution in [1.29, 1.82) is 0 Å². The summed E-state index contributed by atoms with van der Waals surface area (Å²) in [6.45, 7) is -3.07. The first-order chi connectivity index (χ1) is 10.4. The van der Waals surface area contributed by atoms with Crippen LogP contribution in [0.4, 0.5) is 22.0 Å². The van der Waals surface area contributed by atoms with Gasteiger partial charge in [0.2, 0.25) is 5.88 Å². The summed E-state index contributed by atoms with van der Waals surface area (Å²) >= 11 is 0.789. The lowest BCUT2D eigenvalue weighted by atomic mass is 10.2. The Kier molecular flexibility index (Phi) is 3.47. The van der Waals surface area contributed by atoms with E-state index in [1.54, 1.807) is 0 Å². The third-order valence-electron chi connectivity index (χ3n) is 2.79. The van der Waals surface area contributed by atoms with Crippen LogP contribution in [0.15, 0.2) is 23.8 Å². The van der Waals surface area contributed by atoms with Gasteiger partial charge in [0, 0.05) is 17.8 Å². The average molecular weight is 335 g/mol. The summed E-state index contributed by atoms with van der Waals surface area (Å²) in [6, 6.07) is 2.60. The van der Waals surface area contributed by atoms with Crippen LogP contribution < -0.4 is 4.74 Å². The minimum atomic E-state index is -4.62. The number of alkyl halides is 5. The Hall–Kier alpha value is -2.23. The molecule has 3 heterocycles. The fourth-order valence-electron chi connectivity index (χ4n) is 1.95. The Labute approximate surface area is 123 Å². The Morgan fingerprint density at radius 2 is 2.00 bits per heavy atom. The van der Waals surface area contributed by atoms with E-state index in [4.69, 9.17) is 0 Å². The number of rotatable bonds is 3. The normalized spacial score (nSPS) is 12.3. The van der Waals surface area contributed by atoms with Crippen LogP contribution in [0.2, 0.25) is 0 Å². The standard InChI is InChI=1S/C12H6F5N3OS/c13-11(14)21-7-2-1-6-8(20-7)5(3-18-6)9-10(12(15,16)17)19-4-22-9/h1-4,11,18H. The van der Waals surface area contributed by atoms with E-state index in [-0.39, 0.29) is 21.8 Å². The molecule has 22 heavy (non-hydrogen) atoms. The molecule has 3 aromatic rings. The van der Waals surface area contributed by atoms with Crippen molar-refractivity contribution in [3.05, 3.63) is 29.5 Å². The van der Waals surface area contributed by atoms with Gasteiger partial charge in [0.15, 0.2) is 5.69 Å². The highest BCUT2D eigenvalue weighted by Gasteiger charge is 2.37. The Balaban J connectivity index is 2.14. The Morgan fingerprint density at radius 1 is 1.23 bits per heavy atom. The van der Waals surface area contributed by atoms with Gasteiger partial charge in [-0.25, -0.2) is 9.97 Å². The Morgan fingerprint density at radius 3 is 2.68 bits per heavy atom. The molecule has 0 aliphatic rings. The molecule has 0 saturated heterocycles. The molecule has 0 aliphatic carbocycles. The molecule has 0 bridgehead atoms. The highest BCUT2D eigenvalue weighted by molar-refractivity contribution is 7.13. The molecule has 0 unspecified atom stereocenters. The summed E-state index contributed by atoms with van der Waals surface area (Å²) in [5.74, 6) is -0.374. The number of pyridine rings is 1. The second-order valence-electron chi connectivity index (χ2n) is 4.15. The minimum absolute atomic E-state index is 0.105. The van der Waals surface area contributed by atoms with Crippen molar-refractivity contribution in [2.75, 3.05) is 0 Å². The quantitative estimate of drug-likeness (QED) is 0.726. The topological polar surface area (TPSA) is 50.8 Å². The van der Waals surface area contributed by atoms with Gasteiger partial charge in [-0.05, 0) is 6.07 Å². The predicted octanol–water partition coefficient (Wildman–Crippen LogP) is 4.31. The van der Waals surface area contributed by atoms with Gasteiger partial charge in [-0.3, -0.25) is 0 Å². The van der Waals surface area contributed by atoms with Crippen molar-refractivity contribution in [2.45, 2.75) is 12.8 Å². The molecule has 0 radical (unpaired) electrons. The third kappa shape index (κ3) is 2.61. The van der Waals surface area contributed by atoms with Gasteiger partial charge in [0.25, 0.3) is 0 Å². The molecule has 0 aromatic carbocycles. The minimum Gasteiger partial charge on any atom is -0.417 e. The van der Waals surface area contributed by atoms with Crippen molar-refractivity contribution in [2.24, 2.45) is 0 Å². The average Bonchev–Trinajstić information content (AvgIpc) is 3.01. The van der Waals surface area contributed by atoms with Crippen LogP contribution in [0.3, 0.4) is 0 Å². The summed E-state index contributed by atoms with van der Waals surface area (Å²) in [5, 5.41) is 0. The molecule has 4 nitrogen and oxygen atoms in total. The molecule has 1 N–H and O–H groups in total. The number of nitrogens with one attached hydrogen (secondary N) is 1. The maximum atomic E-state index is 12.9.